The van der Waals surface area contributed by atoms with Gasteiger partial charge in [0.2, 0.25) is 17.1 Å². The highest BCUT2D eigenvalue weighted by Crippen LogP contribution is 2.46. The number of allylic oxidation sites excluding steroid dienone is 8. The highest BCUT2D eigenvalue weighted by Gasteiger charge is 2.38. The maximum Gasteiger partial charge on any atom is 0.219 e. The van der Waals surface area contributed by atoms with Crippen molar-refractivity contribution < 1.29 is 38.2 Å². The number of likely N-dealkylation sites (N-methyl/N-ethyl adjacent to an activating group) is 1. The summed E-state index contributed by atoms with van der Waals surface area (Å²) in [5.41, 5.74) is 12.4. The number of anilines is 1. The van der Waals surface area contributed by atoms with Crippen molar-refractivity contribution >= 4 is 17.2 Å². The minimum Gasteiger partial charge on any atom is -0.347 e. The van der Waals surface area contributed by atoms with E-state index in [0.29, 0.717) is 11.1 Å². The van der Waals surface area contributed by atoms with E-state index in [0.717, 1.165) is 45.0 Å². The summed E-state index contributed by atoms with van der Waals surface area (Å²) in [7, 11) is -2.84. The number of hydrogen-bond acceptors (Lipinski definition) is 6. The molecule has 0 fully saturated rings. The van der Waals surface area contributed by atoms with Crippen LogP contribution < -0.4 is 28.1 Å². The van der Waals surface area contributed by atoms with E-state index in [2.05, 4.69) is 146 Å². The number of carbonyl (C=O) groups excluding carboxylic acids is 1. The summed E-state index contributed by atoms with van der Waals surface area (Å²) in [5, 5.41) is 0. The molecule has 7 nitrogen and oxygen atoms in total. The molecule has 2 aliphatic rings. The van der Waals surface area contributed by atoms with Crippen LogP contribution in [-0.4, -0.2) is 12.8 Å². The van der Waals surface area contributed by atoms with Gasteiger partial charge in [0, 0.05) is 70.4 Å². The van der Waals surface area contributed by atoms with Crippen LogP contribution in [0.1, 0.15) is 26.3 Å². The Bertz CT molecular complexity index is 2130. The number of ketones is 1. The van der Waals surface area contributed by atoms with Crippen molar-refractivity contribution in [1.82, 2.24) is 0 Å². The van der Waals surface area contributed by atoms with E-state index in [4.69, 9.17) is 18.6 Å². The lowest BCUT2D eigenvalue weighted by Crippen LogP contribution is -2.68. The summed E-state index contributed by atoms with van der Waals surface area (Å²) in [6.07, 6.45) is 8.19. The number of para-hydroxylation sites is 1. The van der Waals surface area contributed by atoms with Crippen molar-refractivity contribution in [3.8, 4) is 33.6 Å². The smallest absolute Gasteiger partial charge is 0.219 e. The third kappa shape index (κ3) is 7.68. The van der Waals surface area contributed by atoms with E-state index in [-0.39, 0.29) is 11.2 Å². The first-order valence-corrected chi connectivity index (χ1v) is 17.7. The van der Waals surface area contributed by atoms with Gasteiger partial charge in [0.05, 0.1) is 0 Å². The van der Waals surface area contributed by atoms with Gasteiger partial charge in [-0.15, -0.1) is 10.2 Å². The molecule has 0 radical (unpaired) electrons. The van der Waals surface area contributed by atoms with Crippen molar-refractivity contribution in [3.05, 3.63) is 174 Å². The Balaban J connectivity index is 0.000000839. The molecule has 0 unspecified atom stereocenters. The molecule has 0 amide bonds. The average Bonchev–Trinajstić information content (AvgIpc) is 3.32. The van der Waals surface area contributed by atoms with Crippen LogP contribution in [-0.2, 0) is 10.2 Å². The molecule has 0 saturated carbocycles. The predicted molar refractivity (Wildman–Crippen MR) is 190 cm³/mol. The van der Waals surface area contributed by atoms with Crippen molar-refractivity contribution in [3.63, 3.8) is 0 Å². The molecule has 0 atom stereocenters. The molecule has 0 spiro atoms. The van der Waals surface area contributed by atoms with Gasteiger partial charge >= 0.3 is 0 Å². The first-order valence-electron chi connectivity index (χ1n) is 16.4. The van der Waals surface area contributed by atoms with Crippen LogP contribution in [0, 0.1) is 10.2 Å². The number of fused-ring (bicyclic) bond motifs is 1. The van der Waals surface area contributed by atoms with Gasteiger partial charge in [0.1, 0.15) is 0 Å². The maximum absolute atomic E-state index is 13.7. The number of halogens is 1. The Morgan fingerprint density at radius 3 is 1.63 bits per heavy atom. The summed E-state index contributed by atoms with van der Waals surface area (Å²) in [4.78, 5) is 15.9. The number of aromatic nitrogens is 1. The van der Waals surface area contributed by atoms with Crippen LogP contribution in [0.4, 0.5) is 5.69 Å². The Hall–Kier alpha value is -5.41. The van der Waals surface area contributed by atoms with Crippen LogP contribution in [0.25, 0.3) is 39.3 Å². The summed E-state index contributed by atoms with van der Waals surface area (Å²) < 4.78 is 36.3. The molecule has 1 aliphatic carbocycles. The number of pyridine rings is 1. The summed E-state index contributed by atoms with van der Waals surface area (Å²) in [5.74, 6) is 0.0422. The van der Waals surface area contributed by atoms with Crippen LogP contribution >= 0.6 is 0 Å². The molecular weight excluding hydrogens is 660 g/mol. The van der Waals surface area contributed by atoms with E-state index in [9.17, 15) is 4.79 Å². The number of rotatable bonds is 5. The predicted octanol–water partition coefficient (Wildman–Crippen LogP) is 4.83. The van der Waals surface area contributed by atoms with E-state index >= 15 is 0 Å². The van der Waals surface area contributed by atoms with Gasteiger partial charge in [-0.25, -0.2) is 18.6 Å². The molecule has 0 saturated heterocycles. The van der Waals surface area contributed by atoms with Crippen molar-refractivity contribution in [2.24, 2.45) is 0 Å². The topological polar surface area (TPSA) is 116 Å². The Morgan fingerprint density at radius 2 is 1.12 bits per heavy atom. The van der Waals surface area contributed by atoms with Crippen LogP contribution in [0.3, 0.4) is 0 Å². The molecule has 1 aromatic heterocycles. The van der Waals surface area contributed by atoms with E-state index in [1.54, 1.807) is 0 Å². The first-order chi connectivity index (χ1) is 24.3. The molecule has 0 N–H and O–H groups in total. The second kappa shape index (κ2) is 14.4. The second-order valence-electron chi connectivity index (χ2n) is 12.9. The maximum atomic E-state index is 13.7. The van der Waals surface area contributed by atoms with Gasteiger partial charge < -0.3 is 4.90 Å². The summed E-state index contributed by atoms with van der Waals surface area (Å²) >= 11 is 0. The highest BCUT2D eigenvalue weighted by atomic mass is 35.7. The summed E-state index contributed by atoms with van der Waals surface area (Å²) in [6.45, 7) is 6.41. The quantitative estimate of drug-likeness (QED) is 0.192. The molecule has 1 aliphatic heterocycles. The fourth-order valence-corrected chi connectivity index (χ4v) is 6.82. The SMILES string of the molecule is CC1=CC([n+]2c(-c3ccccc3)cc(-c3ccccc3)cc2-c2ccccc2)=C/C(=C/C=C2\N(C)c3ccccc3C2(C)C)C1=O.[O-][Cl+3]([O-])([O-])[O-]. The van der Waals surface area contributed by atoms with Crippen molar-refractivity contribution in [2.75, 3.05) is 11.9 Å². The molecule has 5 aromatic rings. The number of hydrogen-bond donors (Lipinski definition) is 0. The van der Waals surface area contributed by atoms with Gasteiger partial charge in [-0.3, -0.25) is 4.79 Å². The zero-order valence-corrected chi connectivity index (χ0v) is 29.5. The van der Waals surface area contributed by atoms with Crippen molar-refractivity contribution in [2.45, 2.75) is 26.2 Å². The average molecular weight is 697 g/mol. The second-order valence-corrected chi connectivity index (χ2v) is 13.7. The van der Waals surface area contributed by atoms with Crippen LogP contribution in [0.2, 0.25) is 0 Å². The standard InChI is InChI=1S/C43H37N2O.ClHO4/c1-30-26-36(27-34(42(30)46)24-25-41-43(2,3)37-22-14-15-23-38(37)44(41)4)45-39(32-18-10-6-11-19-32)28-35(31-16-8-5-9-17-31)29-40(45)33-20-12-7-13-21-33;2-1(3,4)5/h5-29H,1-4H3;(H,2,3,4,5)/q+1;/p-1/b34-24-,41-25-;. The van der Waals surface area contributed by atoms with Crippen molar-refractivity contribution in [1.29, 1.82) is 0 Å². The monoisotopic (exact) mass is 696 g/mol. The van der Waals surface area contributed by atoms with E-state index in [1.807, 2.05) is 43.4 Å². The van der Waals surface area contributed by atoms with Crippen LogP contribution in [0.5, 0.6) is 0 Å². The lowest BCUT2D eigenvalue weighted by Gasteiger charge is -2.24. The zero-order valence-electron chi connectivity index (χ0n) is 28.7. The lowest BCUT2D eigenvalue weighted by molar-refractivity contribution is -2.00. The first kappa shape index (κ1) is 35.4. The molecule has 0 bridgehead atoms. The fraction of sp³-hybridized carbons (Fsp3) is 0.116. The Labute approximate surface area is 300 Å². The van der Waals surface area contributed by atoms with Gasteiger partial charge in [-0.05, 0) is 66.1 Å². The molecular formula is C43H37ClN2O5. The van der Waals surface area contributed by atoms with E-state index in [1.165, 1.54) is 11.3 Å². The fourth-order valence-electron chi connectivity index (χ4n) is 6.82. The molecule has 8 heteroatoms. The van der Waals surface area contributed by atoms with Gasteiger partial charge in [-0.1, -0.05) is 98.8 Å². The molecule has 7 rings (SSSR count). The Kier molecular flexibility index (Phi) is 10.0. The third-order valence-electron chi connectivity index (χ3n) is 9.22. The largest absolute Gasteiger partial charge is 0.347 e. The molecule has 4 aromatic carbocycles. The molecule has 2 heterocycles. The number of nitrogens with zero attached hydrogens (tertiary/aromatic N) is 2. The minimum atomic E-state index is -4.94. The zero-order chi connectivity index (χ0) is 36.3. The third-order valence-corrected chi connectivity index (χ3v) is 9.22. The molecule has 51 heavy (non-hydrogen) atoms. The van der Waals surface area contributed by atoms with E-state index < -0.39 is 10.2 Å². The minimum absolute atomic E-state index is 0.0422. The number of benzene rings is 4. The highest BCUT2D eigenvalue weighted by molar-refractivity contribution is 6.13. The van der Waals surface area contributed by atoms with Gasteiger partial charge in [-0.2, -0.15) is 4.57 Å². The van der Waals surface area contributed by atoms with Gasteiger partial charge in [0.25, 0.3) is 0 Å². The van der Waals surface area contributed by atoms with Gasteiger partial charge in [0.15, 0.2) is 5.78 Å². The number of carbonyl (C=O) groups is 1. The van der Waals surface area contributed by atoms with Crippen LogP contribution in [0.15, 0.2) is 169 Å². The molecule has 256 valence electrons. The number of Topliss-reactive ketones (excluding diaryl/α,β-unsaturated/α-hetero) is 1. The lowest BCUT2D eigenvalue weighted by atomic mass is 9.83. The summed E-state index contributed by atoms with van der Waals surface area (Å²) in [6, 6.07) is 44.6. The normalized spacial score (nSPS) is 16.7. The Morgan fingerprint density at radius 1 is 0.647 bits per heavy atom.